The van der Waals surface area contributed by atoms with Crippen molar-refractivity contribution in [2.24, 2.45) is 0 Å². The fourth-order valence-corrected chi connectivity index (χ4v) is 4.21. The van der Waals surface area contributed by atoms with E-state index in [4.69, 9.17) is 17.3 Å². The Morgan fingerprint density at radius 2 is 1.85 bits per heavy atom. The van der Waals surface area contributed by atoms with Crippen LogP contribution in [0.15, 0.2) is 48.5 Å². The fourth-order valence-electron chi connectivity index (χ4n) is 4.00. The van der Waals surface area contributed by atoms with Gasteiger partial charge in [0.05, 0.1) is 6.42 Å². The number of hydrogen-bond acceptors (Lipinski definition) is 6. The largest absolute Gasteiger partial charge is 0.368 e. The molecule has 0 bridgehead atoms. The molecule has 168 valence electrons. The Bertz CT molecular complexity index is 1330. The van der Waals surface area contributed by atoms with Gasteiger partial charge < -0.3 is 20.5 Å². The SMILES string of the molecule is Nc1nc(N2CCN(C(=O)Cc3cccc(Cl)c3)CC2)c2[nH]c(-c3cccc(F)c3)nc2n1. The molecule has 3 heterocycles. The smallest absolute Gasteiger partial charge is 0.227 e. The lowest BCUT2D eigenvalue weighted by atomic mass is 10.1. The van der Waals surface area contributed by atoms with Gasteiger partial charge in [0, 0.05) is 36.8 Å². The van der Waals surface area contributed by atoms with Crippen LogP contribution in [0.4, 0.5) is 16.2 Å². The maximum atomic E-state index is 13.7. The minimum absolute atomic E-state index is 0.0548. The highest BCUT2D eigenvalue weighted by Gasteiger charge is 2.25. The molecule has 33 heavy (non-hydrogen) atoms. The number of piperazine rings is 1. The number of amides is 1. The van der Waals surface area contributed by atoms with E-state index in [0.29, 0.717) is 66.0 Å². The van der Waals surface area contributed by atoms with Crippen LogP contribution in [0.5, 0.6) is 0 Å². The number of benzene rings is 2. The number of carbonyl (C=O) groups excluding carboxylic acids is 1. The van der Waals surface area contributed by atoms with Gasteiger partial charge in [-0.2, -0.15) is 9.97 Å². The molecule has 1 fully saturated rings. The maximum Gasteiger partial charge on any atom is 0.227 e. The van der Waals surface area contributed by atoms with Crippen LogP contribution in [0.2, 0.25) is 5.02 Å². The minimum Gasteiger partial charge on any atom is -0.368 e. The summed E-state index contributed by atoms with van der Waals surface area (Å²) in [5.74, 6) is 0.918. The van der Waals surface area contributed by atoms with Gasteiger partial charge in [-0.1, -0.05) is 35.9 Å². The first-order chi connectivity index (χ1) is 16.0. The summed E-state index contributed by atoms with van der Waals surface area (Å²) in [6, 6.07) is 13.5. The van der Waals surface area contributed by atoms with Crippen LogP contribution in [-0.2, 0) is 11.2 Å². The summed E-state index contributed by atoms with van der Waals surface area (Å²) in [7, 11) is 0. The Kier molecular flexibility index (Phi) is 5.55. The molecule has 5 rings (SSSR count). The molecule has 2 aromatic heterocycles. The van der Waals surface area contributed by atoms with Gasteiger partial charge in [-0.25, -0.2) is 9.37 Å². The number of carbonyl (C=O) groups is 1. The number of H-pyrrole nitrogens is 1. The third-order valence-electron chi connectivity index (χ3n) is 5.62. The standard InChI is InChI=1S/C23H21ClFN7O/c24-16-5-1-3-14(11-16)12-18(33)31-7-9-32(10-8-31)22-19-21(29-23(26)30-22)28-20(27-19)15-4-2-6-17(25)13-15/h1-6,11,13H,7-10,12H2,(H3,26,27,28,29,30). The molecule has 3 N–H and O–H groups in total. The number of nitrogen functional groups attached to an aromatic ring is 1. The van der Waals surface area contributed by atoms with Gasteiger partial charge in [0.1, 0.15) is 17.2 Å². The van der Waals surface area contributed by atoms with Crippen LogP contribution in [-0.4, -0.2) is 56.9 Å². The van der Waals surface area contributed by atoms with Gasteiger partial charge in [0.25, 0.3) is 0 Å². The maximum absolute atomic E-state index is 13.7. The average molecular weight is 466 g/mol. The van der Waals surface area contributed by atoms with Crippen LogP contribution in [0, 0.1) is 5.82 Å². The number of rotatable bonds is 4. The normalized spacial score (nSPS) is 14.1. The van der Waals surface area contributed by atoms with E-state index in [-0.39, 0.29) is 17.7 Å². The Hall–Kier alpha value is -3.72. The van der Waals surface area contributed by atoms with Gasteiger partial charge in [0.15, 0.2) is 11.5 Å². The molecular formula is C23H21ClFN7O. The van der Waals surface area contributed by atoms with E-state index in [1.165, 1.54) is 12.1 Å². The summed E-state index contributed by atoms with van der Waals surface area (Å²) in [6.07, 6.45) is 0.308. The van der Waals surface area contributed by atoms with E-state index in [1.807, 2.05) is 23.1 Å². The highest BCUT2D eigenvalue weighted by Crippen LogP contribution is 2.27. The molecule has 1 aliphatic rings. The van der Waals surface area contributed by atoms with E-state index in [9.17, 15) is 9.18 Å². The number of aromatic nitrogens is 4. The zero-order valence-corrected chi connectivity index (χ0v) is 18.4. The van der Waals surface area contributed by atoms with Crippen molar-refractivity contribution in [1.29, 1.82) is 0 Å². The molecule has 0 spiro atoms. The Morgan fingerprint density at radius 3 is 2.61 bits per heavy atom. The monoisotopic (exact) mass is 465 g/mol. The number of anilines is 2. The Balaban J connectivity index is 1.34. The van der Waals surface area contributed by atoms with Crippen molar-refractivity contribution >= 4 is 40.4 Å². The van der Waals surface area contributed by atoms with Crippen molar-refractivity contribution in [1.82, 2.24) is 24.8 Å². The summed E-state index contributed by atoms with van der Waals surface area (Å²) in [4.78, 5) is 33.0. The van der Waals surface area contributed by atoms with E-state index >= 15 is 0 Å². The number of nitrogens with zero attached hydrogens (tertiary/aromatic N) is 5. The van der Waals surface area contributed by atoms with Gasteiger partial charge >= 0.3 is 0 Å². The topological polar surface area (TPSA) is 104 Å². The third-order valence-corrected chi connectivity index (χ3v) is 5.86. The average Bonchev–Trinajstić information content (AvgIpc) is 3.23. The predicted molar refractivity (Wildman–Crippen MR) is 125 cm³/mol. The predicted octanol–water partition coefficient (Wildman–Crippen LogP) is 3.29. The quantitative estimate of drug-likeness (QED) is 0.479. The van der Waals surface area contributed by atoms with Crippen molar-refractivity contribution in [3.05, 3.63) is 64.9 Å². The number of fused-ring (bicyclic) bond motifs is 1. The summed E-state index contributed by atoms with van der Waals surface area (Å²) < 4.78 is 13.7. The highest BCUT2D eigenvalue weighted by molar-refractivity contribution is 6.30. The van der Waals surface area contributed by atoms with Crippen LogP contribution in [0.25, 0.3) is 22.6 Å². The number of hydrogen-bond donors (Lipinski definition) is 2. The summed E-state index contributed by atoms with van der Waals surface area (Å²) >= 11 is 6.03. The molecule has 1 amide bonds. The minimum atomic E-state index is -0.350. The lowest BCUT2D eigenvalue weighted by Crippen LogP contribution is -2.49. The number of nitrogens with one attached hydrogen (secondary N) is 1. The second-order valence-electron chi connectivity index (χ2n) is 7.87. The van der Waals surface area contributed by atoms with Gasteiger partial charge in [-0.3, -0.25) is 4.79 Å². The molecule has 0 saturated carbocycles. The Labute approximate surface area is 194 Å². The lowest BCUT2D eigenvalue weighted by Gasteiger charge is -2.35. The molecule has 1 aliphatic heterocycles. The van der Waals surface area contributed by atoms with Crippen molar-refractivity contribution < 1.29 is 9.18 Å². The van der Waals surface area contributed by atoms with E-state index in [1.54, 1.807) is 18.2 Å². The molecule has 1 saturated heterocycles. The molecule has 8 nitrogen and oxygen atoms in total. The molecule has 0 aliphatic carbocycles. The first-order valence-corrected chi connectivity index (χ1v) is 10.9. The summed E-state index contributed by atoms with van der Waals surface area (Å²) in [6.45, 7) is 2.27. The van der Waals surface area contributed by atoms with E-state index < -0.39 is 0 Å². The lowest BCUT2D eigenvalue weighted by molar-refractivity contribution is -0.130. The fraction of sp³-hybridized carbons (Fsp3) is 0.217. The zero-order chi connectivity index (χ0) is 22.9. The second kappa shape index (κ2) is 8.67. The first kappa shape index (κ1) is 21.1. The summed E-state index contributed by atoms with van der Waals surface area (Å²) in [5, 5.41) is 0.618. The van der Waals surface area contributed by atoms with Crippen LogP contribution in [0.1, 0.15) is 5.56 Å². The molecule has 0 unspecified atom stereocenters. The second-order valence-corrected chi connectivity index (χ2v) is 8.31. The number of nitrogens with two attached hydrogens (primary N) is 1. The summed E-state index contributed by atoms with van der Waals surface area (Å²) in [5.41, 5.74) is 8.48. The van der Waals surface area contributed by atoms with Crippen LogP contribution >= 0.6 is 11.6 Å². The Morgan fingerprint density at radius 1 is 1.06 bits per heavy atom. The van der Waals surface area contributed by atoms with Gasteiger partial charge in [0.2, 0.25) is 11.9 Å². The van der Waals surface area contributed by atoms with Crippen molar-refractivity contribution in [3.8, 4) is 11.4 Å². The van der Waals surface area contributed by atoms with E-state index in [0.717, 1.165) is 5.56 Å². The number of aromatic amines is 1. The molecule has 2 aromatic carbocycles. The molecule has 0 radical (unpaired) electrons. The molecular weight excluding hydrogens is 445 g/mol. The van der Waals surface area contributed by atoms with Crippen molar-refractivity contribution in [3.63, 3.8) is 0 Å². The zero-order valence-electron chi connectivity index (χ0n) is 17.6. The van der Waals surface area contributed by atoms with Crippen LogP contribution in [0.3, 0.4) is 0 Å². The van der Waals surface area contributed by atoms with Crippen molar-refractivity contribution in [2.45, 2.75) is 6.42 Å². The first-order valence-electron chi connectivity index (χ1n) is 10.5. The number of halogens is 2. The van der Waals surface area contributed by atoms with Crippen molar-refractivity contribution in [2.75, 3.05) is 36.8 Å². The molecule has 10 heteroatoms. The van der Waals surface area contributed by atoms with Gasteiger partial charge in [-0.05, 0) is 29.8 Å². The molecule has 0 atom stereocenters. The third kappa shape index (κ3) is 4.45. The number of imidazole rings is 1. The highest BCUT2D eigenvalue weighted by atomic mass is 35.5. The molecule has 4 aromatic rings. The van der Waals surface area contributed by atoms with Gasteiger partial charge in [-0.15, -0.1) is 0 Å². The van der Waals surface area contributed by atoms with E-state index in [2.05, 4.69) is 24.8 Å². The van der Waals surface area contributed by atoms with Crippen LogP contribution < -0.4 is 10.6 Å².